The van der Waals surface area contributed by atoms with Crippen molar-refractivity contribution in [2.45, 2.75) is 13.5 Å². The number of rotatable bonds is 8. The van der Waals surface area contributed by atoms with E-state index in [1.807, 2.05) is 13.0 Å². The largest absolute Gasteiger partial charge is 0.490 e. The highest BCUT2D eigenvalue weighted by molar-refractivity contribution is 9.10. The summed E-state index contributed by atoms with van der Waals surface area (Å²) in [6.45, 7) is 2.33. The maximum Gasteiger partial charge on any atom is 0.329 e. The zero-order valence-electron chi connectivity index (χ0n) is 18.8. The third kappa shape index (κ3) is 7.21. The number of amides is 2. The fraction of sp³-hybridized carbons (Fsp3) is 0.120. The molecule has 0 fully saturated rings. The van der Waals surface area contributed by atoms with Gasteiger partial charge in [0.25, 0.3) is 0 Å². The van der Waals surface area contributed by atoms with E-state index in [-0.39, 0.29) is 6.61 Å². The van der Waals surface area contributed by atoms with Crippen LogP contribution in [0, 0.1) is 11.3 Å². The van der Waals surface area contributed by atoms with Crippen LogP contribution in [0.25, 0.3) is 0 Å². The Bertz CT molecular complexity index is 1320. The standard InChI is InChI=1S/C25H19BrCl2N4O4/c1-2-35-22-11-16(10-19(26)23(22)36-14-18-20(27)4-3-5-21(18)28)13-30-32-25(34)24(33)31-17-8-6-15(12-29)7-9-17/h3-11,13H,2,14H2,1H3,(H,31,33)(H,32,34)/b30-13+. The first-order valence-electron chi connectivity index (χ1n) is 10.5. The van der Waals surface area contributed by atoms with Crippen LogP contribution in [0.1, 0.15) is 23.6 Å². The molecule has 0 aliphatic carbocycles. The van der Waals surface area contributed by atoms with E-state index in [1.165, 1.54) is 30.5 Å². The SMILES string of the molecule is CCOc1cc(/C=N/NC(=O)C(=O)Nc2ccc(C#N)cc2)cc(Br)c1OCc1c(Cl)cccc1Cl. The smallest absolute Gasteiger partial charge is 0.329 e. The van der Waals surface area contributed by atoms with Crippen molar-refractivity contribution in [2.24, 2.45) is 5.10 Å². The number of nitrogens with one attached hydrogen (secondary N) is 2. The van der Waals surface area contributed by atoms with Gasteiger partial charge in [-0.05, 0) is 76.9 Å². The van der Waals surface area contributed by atoms with Crippen LogP contribution in [0.3, 0.4) is 0 Å². The third-order valence-electron chi connectivity index (χ3n) is 4.61. The Kier molecular flexibility index (Phi) is 9.70. The Balaban J connectivity index is 1.66. The molecule has 2 N–H and O–H groups in total. The molecule has 0 aliphatic rings. The van der Waals surface area contributed by atoms with Gasteiger partial charge in [-0.1, -0.05) is 29.3 Å². The molecular formula is C25H19BrCl2N4O4. The predicted molar refractivity (Wildman–Crippen MR) is 142 cm³/mol. The maximum atomic E-state index is 12.1. The molecule has 8 nitrogen and oxygen atoms in total. The summed E-state index contributed by atoms with van der Waals surface area (Å²) in [7, 11) is 0. The van der Waals surface area contributed by atoms with Gasteiger partial charge in [0.1, 0.15) is 6.61 Å². The van der Waals surface area contributed by atoms with Crippen molar-refractivity contribution in [1.29, 1.82) is 5.26 Å². The summed E-state index contributed by atoms with van der Waals surface area (Å²) in [4.78, 5) is 24.1. The van der Waals surface area contributed by atoms with Crippen molar-refractivity contribution in [3.8, 4) is 17.6 Å². The number of nitrogens with zero attached hydrogens (tertiary/aromatic N) is 2. The van der Waals surface area contributed by atoms with Gasteiger partial charge in [0.2, 0.25) is 0 Å². The van der Waals surface area contributed by atoms with Crippen LogP contribution in [0.4, 0.5) is 5.69 Å². The zero-order chi connectivity index (χ0) is 26.1. The van der Waals surface area contributed by atoms with Crippen molar-refractivity contribution in [3.05, 3.63) is 85.8 Å². The lowest BCUT2D eigenvalue weighted by atomic mass is 10.2. The van der Waals surface area contributed by atoms with Crippen LogP contribution < -0.4 is 20.2 Å². The van der Waals surface area contributed by atoms with Gasteiger partial charge in [0.15, 0.2) is 11.5 Å². The van der Waals surface area contributed by atoms with Crippen molar-refractivity contribution >= 4 is 62.8 Å². The van der Waals surface area contributed by atoms with E-state index in [4.69, 9.17) is 37.9 Å². The lowest BCUT2D eigenvalue weighted by Crippen LogP contribution is -2.32. The minimum absolute atomic E-state index is 0.120. The second kappa shape index (κ2) is 12.9. The topological polar surface area (TPSA) is 113 Å². The Morgan fingerprint density at radius 3 is 2.42 bits per heavy atom. The average molecular weight is 590 g/mol. The van der Waals surface area contributed by atoms with Gasteiger partial charge in [0.05, 0.1) is 28.9 Å². The van der Waals surface area contributed by atoms with Crippen LogP contribution in [-0.2, 0) is 16.2 Å². The number of anilines is 1. The summed E-state index contributed by atoms with van der Waals surface area (Å²) in [6.07, 6.45) is 1.36. The molecule has 0 unspecified atom stereocenters. The lowest BCUT2D eigenvalue weighted by Gasteiger charge is -2.15. The normalized spacial score (nSPS) is 10.5. The van der Waals surface area contributed by atoms with Crippen molar-refractivity contribution in [3.63, 3.8) is 0 Å². The number of carbonyl (C=O) groups excluding carboxylic acids is 2. The summed E-state index contributed by atoms with van der Waals surface area (Å²) in [5.74, 6) is -0.997. The maximum absolute atomic E-state index is 12.1. The van der Waals surface area contributed by atoms with Crippen molar-refractivity contribution in [1.82, 2.24) is 5.43 Å². The number of hydrogen-bond acceptors (Lipinski definition) is 6. The minimum atomic E-state index is -0.962. The molecular weight excluding hydrogens is 571 g/mol. The molecule has 0 atom stereocenters. The summed E-state index contributed by atoms with van der Waals surface area (Å²) in [5, 5.41) is 16.1. The predicted octanol–water partition coefficient (Wildman–Crippen LogP) is 5.69. The molecule has 0 saturated heterocycles. The zero-order valence-corrected chi connectivity index (χ0v) is 21.9. The van der Waals surface area contributed by atoms with E-state index >= 15 is 0 Å². The molecule has 0 radical (unpaired) electrons. The first-order chi connectivity index (χ1) is 17.3. The van der Waals surface area contributed by atoms with E-state index in [0.29, 0.717) is 55.0 Å². The molecule has 2 amide bonds. The van der Waals surface area contributed by atoms with E-state index in [1.54, 1.807) is 30.3 Å². The summed E-state index contributed by atoms with van der Waals surface area (Å²) in [6, 6.07) is 16.6. The third-order valence-corrected chi connectivity index (χ3v) is 5.91. The fourth-order valence-electron chi connectivity index (χ4n) is 2.91. The Morgan fingerprint density at radius 2 is 1.78 bits per heavy atom. The monoisotopic (exact) mass is 588 g/mol. The van der Waals surface area contributed by atoms with Crippen LogP contribution in [0.15, 0.2) is 64.2 Å². The molecule has 0 bridgehead atoms. The molecule has 3 aromatic carbocycles. The molecule has 3 rings (SSSR count). The van der Waals surface area contributed by atoms with Crippen LogP contribution in [0.2, 0.25) is 10.0 Å². The van der Waals surface area contributed by atoms with Gasteiger partial charge in [0, 0.05) is 21.3 Å². The highest BCUT2D eigenvalue weighted by atomic mass is 79.9. The van der Waals surface area contributed by atoms with Gasteiger partial charge in [-0.25, -0.2) is 5.43 Å². The fourth-order valence-corrected chi connectivity index (χ4v) is 3.99. The summed E-state index contributed by atoms with van der Waals surface area (Å²) >= 11 is 15.9. The van der Waals surface area contributed by atoms with E-state index in [0.717, 1.165) is 0 Å². The van der Waals surface area contributed by atoms with Gasteiger partial charge in [-0.15, -0.1) is 0 Å². The molecule has 0 heterocycles. The van der Waals surface area contributed by atoms with Crippen molar-refractivity contribution in [2.75, 3.05) is 11.9 Å². The number of halogens is 3. The number of hydrazone groups is 1. The first kappa shape index (κ1) is 27.0. The molecule has 36 heavy (non-hydrogen) atoms. The number of benzene rings is 3. The molecule has 3 aromatic rings. The Labute approximate surface area is 225 Å². The van der Waals surface area contributed by atoms with Crippen LogP contribution in [0.5, 0.6) is 11.5 Å². The van der Waals surface area contributed by atoms with Gasteiger partial charge < -0.3 is 14.8 Å². The molecule has 0 aromatic heterocycles. The highest BCUT2D eigenvalue weighted by Gasteiger charge is 2.15. The number of nitriles is 1. The van der Waals surface area contributed by atoms with Crippen LogP contribution >= 0.6 is 39.1 Å². The average Bonchev–Trinajstić information content (AvgIpc) is 2.85. The second-order valence-corrected chi connectivity index (χ2v) is 8.76. The quantitative estimate of drug-likeness (QED) is 0.199. The van der Waals surface area contributed by atoms with E-state index in [2.05, 4.69) is 31.8 Å². The Morgan fingerprint density at radius 1 is 1.08 bits per heavy atom. The van der Waals surface area contributed by atoms with Gasteiger partial charge in [-0.3, -0.25) is 9.59 Å². The van der Waals surface area contributed by atoms with Crippen molar-refractivity contribution < 1.29 is 19.1 Å². The molecule has 184 valence electrons. The van der Waals surface area contributed by atoms with Gasteiger partial charge in [-0.2, -0.15) is 10.4 Å². The second-order valence-electron chi connectivity index (χ2n) is 7.09. The minimum Gasteiger partial charge on any atom is -0.490 e. The van der Waals surface area contributed by atoms with Crippen LogP contribution in [-0.4, -0.2) is 24.6 Å². The van der Waals surface area contributed by atoms with E-state index in [9.17, 15) is 9.59 Å². The number of ether oxygens (including phenoxy) is 2. The lowest BCUT2D eigenvalue weighted by molar-refractivity contribution is -0.136. The number of carbonyl (C=O) groups is 2. The molecule has 0 spiro atoms. The summed E-state index contributed by atoms with van der Waals surface area (Å²) < 4.78 is 12.2. The molecule has 11 heteroatoms. The summed E-state index contributed by atoms with van der Waals surface area (Å²) in [5.41, 5.74) is 4.19. The number of hydrogen-bond donors (Lipinski definition) is 2. The first-order valence-corrected chi connectivity index (χ1v) is 12.0. The highest BCUT2D eigenvalue weighted by Crippen LogP contribution is 2.38. The molecule has 0 aliphatic heterocycles. The van der Waals surface area contributed by atoms with E-state index < -0.39 is 11.8 Å². The van der Waals surface area contributed by atoms with Gasteiger partial charge >= 0.3 is 11.8 Å². The molecule has 0 saturated carbocycles. The Hall–Kier alpha value is -3.58.